The molecule has 106 valence electrons. The molecule has 2 N–H and O–H groups in total. The van der Waals surface area contributed by atoms with Gasteiger partial charge in [-0.25, -0.2) is 0 Å². The second-order valence-electron chi connectivity index (χ2n) is 4.87. The summed E-state index contributed by atoms with van der Waals surface area (Å²) in [6, 6.07) is 4.79. The summed E-state index contributed by atoms with van der Waals surface area (Å²) >= 11 is 4.90. The summed E-state index contributed by atoms with van der Waals surface area (Å²) in [6.07, 6.45) is -3.82. The number of benzene rings is 1. The van der Waals surface area contributed by atoms with Gasteiger partial charge in [-0.1, -0.05) is 32.1 Å². The zero-order valence-corrected chi connectivity index (χ0v) is 11.6. The Kier molecular flexibility index (Phi) is 4.79. The Balaban J connectivity index is 2.62. The highest BCUT2D eigenvalue weighted by atomic mass is 32.1. The van der Waals surface area contributed by atoms with Crippen LogP contribution in [-0.2, 0) is 6.18 Å². The Morgan fingerprint density at radius 3 is 2.47 bits per heavy atom. The lowest BCUT2D eigenvalue weighted by molar-refractivity contribution is -0.137. The first-order chi connectivity index (χ1) is 8.63. The summed E-state index contributed by atoms with van der Waals surface area (Å²) in [5.74, 6) is 0.188. The Hall–Kier alpha value is -1.30. The van der Waals surface area contributed by atoms with Gasteiger partial charge in [0.25, 0.3) is 0 Å². The average Bonchev–Trinajstić information content (AvgIpc) is 2.28. The van der Waals surface area contributed by atoms with E-state index in [2.05, 4.69) is 0 Å². The predicted octanol–water partition coefficient (Wildman–Crippen LogP) is 3.79. The van der Waals surface area contributed by atoms with Crippen LogP contribution in [0.5, 0.6) is 5.75 Å². The van der Waals surface area contributed by atoms with Crippen LogP contribution in [0.3, 0.4) is 0 Å². The van der Waals surface area contributed by atoms with Gasteiger partial charge in [-0.05, 0) is 24.6 Å². The van der Waals surface area contributed by atoms with Crippen LogP contribution in [0.25, 0.3) is 0 Å². The molecule has 1 aromatic carbocycles. The summed E-state index contributed by atoms with van der Waals surface area (Å²) in [4.78, 5) is 0.361. The molecule has 0 heterocycles. The number of rotatable bonds is 5. The number of ether oxygens (including phenoxy) is 1. The number of thiocarbonyl (C=S) groups is 1. The van der Waals surface area contributed by atoms with E-state index in [4.69, 9.17) is 22.7 Å². The van der Waals surface area contributed by atoms with Gasteiger partial charge in [-0.3, -0.25) is 0 Å². The van der Waals surface area contributed by atoms with Crippen molar-refractivity contribution >= 4 is 17.2 Å². The third-order valence-electron chi connectivity index (χ3n) is 2.82. The zero-order chi connectivity index (χ0) is 14.7. The largest absolute Gasteiger partial charge is 0.494 e. The Bertz CT molecular complexity index is 457. The smallest absolute Gasteiger partial charge is 0.416 e. The van der Waals surface area contributed by atoms with Gasteiger partial charge in [0.1, 0.15) is 5.75 Å². The fraction of sp³-hybridized carbons (Fsp3) is 0.462. The minimum Gasteiger partial charge on any atom is -0.494 e. The van der Waals surface area contributed by atoms with Gasteiger partial charge in [0.05, 0.1) is 17.2 Å². The second-order valence-corrected chi connectivity index (χ2v) is 5.31. The van der Waals surface area contributed by atoms with Crippen LogP contribution in [0.2, 0.25) is 0 Å². The maximum atomic E-state index is 12.5. The minimum atomic E-state index is -4.36. The lowest BCUT2D eigenvalue weighted by Crippen LogP contribution is -2.31. The molecule has 1 rings (SSSR count). The minimum absolute atomic E-state index is 0.188. The molecule has 0 saturated heterocycles. The maximum Gasteiger partial charge on any atom is 0.416 e. The fourth-order valence-corrected chi connectivity index (χ4v) is 1.41. The molecule has 6 heteroatoms. The maximum absolute atomic E-state index is 12.5. The number of halogens is 3. The van der Waals surface area contributed by atoms with Crippen molar-refractivity contribution in [3.8, 4) is 5.75 Å². The Morgan fingerprint density at radius 2 is 1.95 bits per heavy atom. The van der Waals surface area contributed by atoms with E-state index < -0.39 is 11.7 Å². The summed E-state index contributed by atoms with van der Waals surface area (Å²) in [7, 11) is 0. The van der Waals surface area contributed by atoms with Crippen molar-refractivity contribution in [1.29, 1.82) is 0 Å². The SMILES string of the molecule is CC(C)(CCOc1cccc(C(F)(F)F)c1)C(N)=S. The Morgan fingerprint density at radius 1 is 1.32 bits per heavy atom. The van der Waals surface area contributed by atoms with E-state index in [1.165, 1.54) is 12.1 Å². The molecule has 1 aromatic rings. The highest BCUT2D eigenvalue weighted by molar-refractivity contribution is 7.80. The van der Waals surface area contributed by atoms with Crippen LogP contribution in [0, 0.1) is 5.41 Å². The van der Waals surface area contributed by atoms with Crippen LogP contribution >= 0.6 is 12.2 Å². The topological polar surface area (TPSA) is 35.2 Å². The fourth-order valence-electron chi connectivity index (χ4n) is 1.31. The molecule has 0 amide bonds. The van der Waals surface area contributed by atoms with Crippen molar-refractivity contribution in [3.63, 3.8) is 0 Å². The third kappa shape index (κ3) is 4.70. The molecule has 0 radical (unpaired) electrons. The standard InChI is InChI=1S/C13H16F3NOS/c1-12(2,11(17)19)6-7-18-10-5-3-4-9(8-10)13(14,15)16/h3-5,8H,6-7H2,1-2H3,(H2,17,19). The van der Waals surface area contributed by atoms with E-state index in [9.17, 15) is 13.2 Å². The molecule has 0 spiro atoms. The van der Waals surface area contributed by atoms with E-state index in [1.54, 1.807) is 0 Å². The van der Waals surface area contributed by atoms with E-state index in [-0.39, 0.29) is 17.8 Å². The quantitative estimate of drug-likeness (QED) is 0.838. The predicted molar refractivity (Wildman–Crippen MR) is 72.1 cm³/mol. The van der Waals surface area contributed by atoms with E-state index in [0.29, 0.717) is 11.4 Å². The molecule has 0 unspecified atom stereocenters. The number of hydrogen-bond donors (Lipinski definition) is 1. The molecule has 0 aliphatic heterocycles. The summed E-state index contributed by atoms with van der Waals surface area (Å²) < 4.78 is 42.8. The van der Waals surface area contributed by atoms with E-state index in [0.717, 1.165) is 12.1 Å². The van der Waals surface area contributed by atoms with Gasteiger partial charge in [0.2, 0.25) is 0 Å². The first-order valence-electron chi connectivity index (χ1n) is 5.73. The van der Waals surface area contributed by atoms with Crippen molar-refractivity contribution in [1.82, 2.24) is 0 Å². The van der Waals surface area contributed by atoms with Gasteiger partial charge in [-0.2, -0.15) is 13.2 Å². The second kappa shape index (κ2) is 5.77. The van der Waals surface area contributed by atoms with Crippen molar-refractivity contribution in [2.24, 2.45) is 11.1 Å². The lowest BCUT2D eigenvalue weighted by atomic mass is 9.90. The molecule has 2 nitrogen and oxygen atoms in total. The molecule has 0 aliphatic carbocycles. The van der Waals surface area contributed by atoms with Gasteiger partial charge < -0.3 is 10.5 Å². The van der Waals surface area contributed by atoms with E-state index in [1.807, 2.05) is 13.8 Å². The molecule has 0 aliphatic rings. The monoisotopic (exact) mass is 291 g/mol. The molecule has 19 heavy (non-hydrogen) atoms. The van der Waals surface area contributed by atoms with Crippen molar-refractivity contribution in [3.05, 3.63) is 29.8 Å². The van der Waals surface area contributed by atoms with E-state index >= 15 is 0 Å². The number of alkyl halides is 3. The lowest BCUT2D eigenvalue weighted by Gasteiger charge is -2.22. The zero-order valence-electron chi connectivity index (χ0n) is 10.8. The highest BCUT2D eigenvalue weighted by Crippen LogP contribution is 2.31. The molecule has 0 saturated carbocycles. The summed E-state index contributed by atoms with van der Waals surface area (Å²) in [6.45, 7) is 3.99. The number of hydrogen-bond acceptors (Lipinski definition) is 2. The molecule has 0 bridgehead atoms. The molecular formula is C13H16F3NOS. The van der Waals surface area contributed by atoms with Crippen LogP contribution in [0.4, 0.5) is 13.2 Å². The van der Waals surface area contributed by atoms with Crippen molar-refractivity contribution in [2.75, 3.05) is 6.61 Å². The molecule has 0 aromatic heterocycles. The highest BCUT2D eigenvalue weighted by Gasteiger charge is 2.30. The third-order valence-corrected chi connectivity index (χ3v) is 3.38. The average molecular weight is 291 g/mol. The molecular weight excluding hydrogens is 275 g/mol. The molecule has 0 fully saturated rings. The van der Waals surface area contributed by atoms with Gasteiger partial charge in [0, 0.05) is 5.41 Å². The van der Waals surface area contributed by atoms with Crippen molar-refractivity contribution < 1.29 is 17.9 Å². The van der Waals surface area contributed by atoms with Crippen molar-refractivity contribution in [2.45, 2.75) is 26.4 Å². The normalized spacial score (nSPS) is 12.3. The van der Waals surface area contributed by atoms with Gasteiger partial charge >= 0.3 is 6.18 Å². The van der Waals surface area contributed by atoms with Crippen LogP contribution in [0.1, 0.15) is 25.8 Å². The Labute approximate surface area is 115 Å². The molecule has 0 atom stereocenters. The summed E-state index contributed by atoms with van der Waals surface area (Å²) in [5, 5.41) is 0. The first kappa shape index (κ1) is 15.8. The van der Waals surface area contributed by atoms with Crippen LogP contribution in [-0.4, -0.2) is 11.6 Å². The first-order valence-corrected chi connectivity index (χ1v) is 6.14. The van der Waals surface area contributed by atoms with Gasteiger partial charge in [0.15, 0.2) is 0 Å². The van der Waals surface area contributed by atoms with Crippen LogP contribution < -0.4 is 10.5 Å². The van der Waals surface area contributed by atoms with Gasteiger partial charge in [-0.15, -0.1) is 0 Å². The summed E-state index contributed by atoms with van der Waals surface area (Å²) in [5.41, 5.74) is 4.46. The van der Waals surface area contributed by atoms with Crippen LogP contribution in [0.15, 0.2) is 24.3 Å². The number of nitrogens with two attached hydrogens (primary N) is 1.